The fourth-order valence-electron chi connectivity index (χ4n) is 1.41. The van der Waals surface area contributed by atoms with Crippen LogP contribution in [0.15, 0.2) is 12.3 Å². The van der Waals surface area contributed by atoms with E-state index in [0.717, 1.165) is 5.69 Å². The number of aromatic nitrogens is 2. The summed E-state index contributed by atoms with van der Waals surface area (Å²) in [6.07, 6.45) is 2.44. The fourth-order valence-corrected chi connectivity index (χ4v) is 1.41. The number of aryl methyl sites for hydroxylation is 1. The molecule has 0 bridgehead atoms. The average molecular weight is 268 g/mol. The van der Waals surface area contributed by atoms with Gasteiger partial charge in [-0.1, -0.05) is 0 Å². The van der Waals surface area contributed by atoms with Crippen molar-refractivity contribution in [1.29, 1.82) is 0 Å². The molecule has 0 aliphatic carbocycles. The second kappa shape index (κ2) is 5.73. The van der Waals surface area contributed by atoms with Gasteiger partial charge in [0.2, 0.25) is 0 Å². The summed E-state index contributed by atoms with van der Waals surface area (Å²) in [7, 11) is 3.29. The first kappa shape index (κ1) is 15.0. The van der Waals surface area contributed by atoms with Crippen LogP contribution < -0.4 is 5.32 Å². The molecule has 0 spiro atoms. The van der Waals surface area contributed by atoms with Crippen LogP contribution in [0.4, 0.5) is 4.79 Å². The molecule has 7 nitrogen and oxygen atoms in total. The number of rotatable bonds is 5. The van der Waals surface area contributed by atoms with Crippen molar-refractivity contribution >= 4 is 12.0 Å². The zero-order valence-electron chi connectivity index (χ0n) is 11.7. The fraction of sp³-hybridized carbons (Fsp3) is 0.583. The van der Waals surface area contributed by atoms with E-state index < -0.39 is 17.5 Å². The van der Waals surface area contributed by atoms with E-state index >= 15 is 0 Å². The number of carbonyl (C=O) groups excluding carboxylic acids is 1. The lowest BCUT2D eigenvalue weighted by Gasteiger charge is -2.31. The van der Waals surface area contributed by atoms with Crippen molar-refractivity contribution in [3.63, 3.8) is 0 Å². The van der Waals surface area contributed by atoms with Crippen molar-refractivity contribution in [3.05, 3.63) is 18.0 Å². The standard InChI is InChI=1S/C12H20N4O3/c1-12(2,10(17)18)16(4)11(19)13-7-5-9-6-8-15(3)14-9/h6,8H,5,7H2,1-4H3,(H,13,19)(H,17,18). The zero-order valence-corrected chi connectivity index (χ0v) is 11.7. The summed E-state index contributed by atoms with van der Waals surface area (Å²) < 4.78 is 1.69. The van der Waals surface area contributed by atoms with Gasteiger partial charge in [0.1, 0.15) is 5.54 Å². The molecule has 0 aliphatic heterocycles. The van der Waals surface area contributed by atoms with Gasteiger partial charge in [0.05, 0.1) is 5.69 Å². The molecule has 0 atom stereocenters. The van der Waals surface area contributed by atoms with Crippen molar-refractivity contribution in [3.8, 4) is 0 Å². The highest BCUT2D eigenvalue weighted by atomic mass is 16.4. The summed E-state index contributed by atoms with van der Waals surface area (Å²) in [5, 5.41) is 15.9. The number of hydrogen-bond acceptors (Lipinski definition) is 3. The number of urea groups is 1. The summed E-state index contributed by atoms with van der Waals surface area (Å²) in [5.74, 6) is -1.05. The quantitative estimate of drug-likeness (QED) is 0.812. The molecular formula is C12H20N4O3. The minimum Gasteiger partial charge on any atom is -0.480 e. The Morgan fingerprint density at radius 1 is 1.53 bits per heavy atom. The molecule has 0 unspecified atom stereocenters. The zero-order chi connectivity index (χ0) is 14.6. The first-order chi connectivity index (χ1) is 8.75. The Hall–Kier alpha value is -2.05. The van der Waals surface area contributed by atoms with Crippen LogP contribution in [0.3, 0.4) is 0 Å². The molecule has 7 heteroatoms. The van der Waals surface area contributed by atoms with Gasteiger partial charge in [-0.3, -0.25) is 4.68 Å². The van der Waals surface area contributed by atoms with Gasteiger partial charge in [-0.15, -0.1) is 0 Å². The maximum atomic E-state index is 11.8. The van der Waals surface area contributed by atoms with E-state index in [4.69, 9.17) is 5.11 Å². The van der Waals surface area contributed by atoms with E-state index in [1.165, 1.54) is 25.8 Å². The molecule has 1 heterocycles. The van der Waals surface area contributed by atoms with Gasteiger partial charge >= 0.3 is 12.0 Å². The number of amides is 2. The summed E-state index contributed by atoms with van der Waals surface area (Å²) in [4.78, 5) is 24.0. The van der Waals surface area contributed by atoms with Crippen LogP contribution in [0.25, 0.3) is 0 Å². The van der Waals surface area contributed by atoms with Gasteiger partial charge in [-0.25, -0.2) is 9.59 Å². The topological polar surface area (TPSA) is 87.5 Å². The molecule has 0 aromatic carbocycles. The van der Waals surface area contributed by atoms with Gasteiger partial charge in [0, 0.05) is 33.3 Å². The van der Waals surface area contributed by atoms with Gasteiger partial charge in [0.25, 0.3) is 0 Å². The molecule has 0 aliphatic rings. The third-order valence-corrected chi connectivity index (χ3v) is 3.09. The maximum absolute atomic E-state index is 11.8. The summed E-state index contributed by atoms with van der Waals surface area (Å²) in [5.41, 5.74) is -0.363. The Morgan fingerprint density at radius 3 is 2.63 bits per heavy atom. The van der Waals surface area contributed by atoms with Crippen LogP contribution in [0.2, 0.25) is 0 Å². The minimum atomic E-state index is -1.24. The van der Waals surface area contributed by atoms with Crippen LogP contribution in [-0.2, 0) is 18.3 Å². The van der Waals surface area contributed by atoms with E-state index in [1.807, 2.05) is 19.3 Å². The largest absolute Gasteiger partial charge is 0.480 e. The van der Waals surface area contributed by atoms with Gasteiger partial charge < -0.3 is 15.3 Å². The second-order valence-corrected chi connectivity index (χ2v) is 4.89. The number of hydrogen-bond donors (Lipinski definition) is 2. The number of nitrogens with one attached hydrogen (secondary N) is 1. The highest BCUT2D eigenvalue weighted by Crippen LogP contribution is 2.12. The van der Waals surface area contributed by atoms with Gasteiger partial charge in [-0.05, 0) is 19.9 Å². The molecule has 1 aromatic heterocycles. The molecule has 0 saturated carbocycles. The van der Waals surface area contributed by atoms with Crippen LogP contribution in [0.5, 0.6) is 0 Å². The summed E-state index contributed by atoms with van der Waals surface area (Å²) in [6.45, 7) is 3.37. The molecule has 106 valence electrons. The molecule has 1 aromatic rings. The molecule has 1 rings (SSSR count). The Morgan fingerprint density at radius 2 is 2.16 bits per heavy atom. The number of carboxylic acid groups (broad SMARTS) is 1. The highest BCUT2D eigenvalue weighted by Gasteiger charge is 2.35. The average Bonchev–Trinajstić information content (AvgIpc) is 2.73. The SMILES string of the molecule is CN(C(=O)NCCc1ccn(C)n1)C(C)(C)C(=O)O. The van der Waals surface area contributed by atoms with Crippen molar-refractivity contribution in [1.82, 2.24) is 20.0 Å². The molecule has 0 fully saturated rings. The number of carboxylic acids is 1. The monoisotopic (exact) mass is 268 g/mol. The Balaban J connectivity index is 2.45. The van der Waals surface area contributed by atoms with E-state index in [1.54, 1.807) is 4.68 Å². The number of carbonyl (C=O) groups is 2. The lowest BCUT2D eigenvalue weighted by atomic mass is 10.1. The predicted molar refractivity (Wildman–Crippen MR) is 69.8 cm³/mol. The number of aliphatic carboxylic acids is 1. The van der Waals surface area contributed by atoms with Crippen molar-refractivity contribution in [2.24, 2.45) is 7.05 Å². The maximum Gasteiger partial charge on any atom is 0.329 e. The van der Waals surface area contributed by atoms with Crippen molar-refractivity contribution < 1.29 is 14.7 Å². The van der Waals surface area contributed by atoms with Crippen molar-refractivity contribution in [2.45, 2.75) is 25.8 Å². The van der Waals surface area contributed by atoms with E-state index in [9.17, 15) is 9.59 Å². The van der Waals surface area contributed by atoms with Crippen LogP contribution in [-0.4, -0.2) is 50.9 Å². The van der Waals surface area contributed by atoms with Crippen LogP contribution in [0, 0.1) is 0 Å². The van der Waals surface area contributed by atoms with Crippen molar-refractivity contribution in [2.75, 3.05) is 13.6 Å². The molecular weight excluding hydrogens is 248 g/mol. The molecule has 2 amide bonds. The summed E-state index contributed by atoms with van der Waals surface area (Å²) in [6, 6.07) is 1.46. The van der Waals surface area contributed by atoms with Gasteiger partial charge in [0.15, 0.2) is 0 Å². The smallest absolute Gasteiger partial charge is 0.329 e. The highest BCUT2D eigenvalue weighted by molar-refractivity contribution is 5.85. The normalized spacial score (nSPS) is 11.2. The van der Waals surface area contributed by atoms with Crippen LogP contribution >= 0.6 is 0 Å². The molecule has 19 heavy (non-hydrogen) atoms. The Labute approximate surface area is 112 Å². The first-order valence-electron chi connectivity index (χ1n) is 5.98. The first-order valence-corrected chi connectivity index (χ1v) is 5.98. The van der Waals surface area contributed by atoms with E-state index in [0.29, 0.717) is 13.0 Å². The molecule has 0 radical (unpaired) electrons. The van der Waals surface area contributed by atoms with E-state index in [2.05, 4.69) is 10.4 Å². The van der Waals surface area contributed by atoms with Gasteiger partial charge in [-0.2, -0.15) is 5.10 Å². The number of likely N-dealkylation sites (N-methyl/N-ethyl adjacent to an activating group) is 1. The lowest BCUT2D eigenvalue weighted by molar-refractivity contribution is -0.146. The Bertz CT molecular complexity index is 467. The van der Waals surface area contributed by atoms with Crippen LogP contribution in [0.1, 0.15) is 19.5 Å². The minimum absolute atomic E-state index is 0.413. The Kier molecular flexibility index (Phi) is 4.52. The number of nitrogens with zero attached hydrogens (tertiary/aromatic N) is 3. The lowest BCUT2D eigenvalue weighted by Crippen LogP contribution is -2.54. The third kappa shape index (κ3) is 3.70. The third-order valence-electron chi connectivity index (χ3n) is 3.09. The predicted octanol–water partition coefficient (Wildman–Crippen LogP) is 0.467. The molecule has 0 saturated heterocycles. The second-order valence-electron chi connectivity index (χ2n) is 4.89. The summed E-state index contributed by atoms with van der Waals surface area (Å²) >= 11 is 0. The van der Waals surface area contributed by atoms with E-state index in [-0.39, 0.29) is 0 Å². The molecule has 2 N–H and O–H groups in total.